The van der Waals surface area contributed by atoms with Crippen LogP contribution in [-0.2, 0) is 12.8 Å². The molecule has 2 aromatic heterocycles. The summed E-state index contributed by atoms with van der Waals surface area (Å²) in [7, 11) is 0. The van der Waals surface area contributed by atoms with Crippen molar-refractivity contribution >= 4 is 38.0 Å². The Balaban J connectivity index is 1.22. The first-order chi connectivity index (χ1) is 23.2. The van der Waals surface area contributed by atoms with E-state index in [4.69, 9.17) is 0 Å². The van der Waals surface area contributed by atoms with Gasteiger partial charge in [-0.2, -0.15) is 0 Å². The van der Waals surface area contributed by atoms with Crippen molar-refractivity contribution in [3.05, 3.63) is 172 Å². The van der Waals surface area contributed by atoms with Gasteiger partial charge in [-0.15, -0.1) is 0 Å². The van der Waals surface area contributed by atoms with Crippen LogP contribution in [0.25, 0.3) is 82.5 Å². The van der Waals surface area contributed by atoms with E-state index in [9.17, 15) is 4.79 Å². The Morgan fingerprint density at radius 1 is 0.404 bits per heavy atom. The molecule has 2 heteroatoms. The highest BCUT2D eigenvalue weighted by atomic mass is 16.1. The molecular formula is C45H27NO. The molecule has 2 aliphatic carbocycles. The van der Waals surface area contributed by atoms with E-state index in [1.807, 2.05) is 22.6 Å². The zero-order valence-electron chi connectivity index (χ0n) is 25.5. The highest BCUT2D eigenvalue weighted by molar-refractivity contribution is 6.22. The lowest BCUT2D eigenvalue weighted by atomic mass is 9.92. The van der Waals surface area contributed by atoms with Gasteiger partial charge in [-0.05, 0) is 115 Å². The molecule has 0 amide bonds. The van der Waals surface area contributed by atoms with E-state index in [1.165, 1.54) is 66.8 Å². The van der Waals surface area contributed by atoms with E-state index in [0.29, 0.717) is 0 Å². The molecule has 47 heavy (non-hydrogen) atoms. The maximum Gasteiger partial charge on any atom is 0.263 e. The Bertz CT molecular complexity index is 2870. The van der Waals surface area contributed by atoms with Gasteiger partial charge in [0.25, 0.3) is 5.56 Å². The van der Waals surface area contributed by atoms with Crippen molar-refractivity contribution in [3.63, 3.8) is 0 Å². The van der Waals surface area contributed by atoms with Crippen LogP contribution >= 0.6 is 0 Å². The van der Waals surface area contributed by atoms with E-state index in [-0.39, 0.29) is 5.56 Å². The van der Waals surface area contributed by atoms with Crippen molar-refractivity contribution in [2.45, 2.75) is 12.8 Å². The largest absolute Gasteiger partial charge is 0.275 e. The zero-order chi connectivity index (χ0) is 30.8. The van der Waals surface area contributed by atoms with E-state index in [0.717, 1.165) is 50.8 Å². The molecule has 0 N–H and O–H groups in total. The number of aromatic nitrogens is 1. The van der Waals surface area contributed by atoms with Gasteiger partial charge in [-0.3, -0.25) is 9.20 Å². The minimum atomic E-state index is 0.0423. The van der Waals surface area contributed by atoms with Crippen LogP contribution in [0.4, 0.5) is 0 Å². The van der Waals surface area contributed by atoms with Crippen LogP contribution < -0.4 is 5.56 Å². The van der Waals surface area contributed by atoms with E-state index in [1.54, 1.807) is 0 Å². The summed E-state index contributed by atoms with van der Waals surface area (Å²) in [6.07, 6.45) is 1.86. The molecule has 11 rings (SSSR count). The van der Waals surface area contributed by atoms with E-state index < -0.39 is 0 Å². The van der Waals surface area contributed by atoms with Crippen molar-refractivity contribution in [1.82, 2.24) is 4.40 Å². The fraction of sp³-hybridized carbons (Fsp3) is 0.0444. The minimum absolute atomic E-state index is 0.0423. The molecule has 0 radical (unpaired) electrons. The third kappa shape index (κ3) is 3.32. The van der Waals surface area contributed by atoms with Crippen molar-refractivity contribution in [3.8, 4) is 44.5 Å². The van der Waals surface area contributed by atoms with Gasteiger partial charge in [0.15, 0.2) is 0 Å². The third-order valence-corrected chi connectivity index (χ3v) is 10.8. The second-order valence-electron chi connectivity index (χ2n) is 13.2. The van der Waals surface area contributed by atoms with Crippen LogP contribution in [0.15, 0.2) is 144 Å². The summed E-state index contributed by atoms with van der Waals surface area (Å²) in [6, 6.07) is 50.4. The molecule has 2 nitrogen and oxygen atoms in total. The van der Waals surface area contributed by atoms with Gasteiger partial charge in [0.2, 0.25) is 0 Å². The molecule has 2 aliphatic rings. The Morgan fingerprint density at radius 2 is 0.915 bits per heavy atom. The summed E-state index contributed by atoms with van der Waals surface area (Å²) in [5, 5.41) is 5.13. The molecule has 0 bridgehead atoms. The summed E-state index contributed by atoms with van der Waals surface area (Å²) in [6.45, 7) is 0. The smallest absolute Gasteiger partial charge is 0.263 e. The first-order valence-electron chi connectivity index (χ1n) is 16.4. The lowest BCUT2D eigenvalue weighted by Gasteiger charge is -2.12. The van der Waals surface area contributed by atoms with Crippen molar-refractivity contribution in [2.75, 3.05) is 0 Å². The van der Waals surface area contributed by atoms with Gasteiger partial charge in [0, 0.05) is 21.5 Å². The SMILES string of the molecule is O=c1c2ccccc2c2cc(-c3cccc4c3Cc3ccccc3-4)cc3c4cc(-c5cccc6c5Cc5ccccc5-6)ccc4n1c23. The Hall–Kier alpha value is -5.99. The monoisotopic (exact) mass is 597 g/mol. The molecule has 0 saturated heterocycles. The molecule has 218 valence electrons. The van der Waals surface area contributed by atoms with Gasteiger partial charge in [-0.25, -0.2) is 0 Å². The lowest BCUT2D eigenvalue weighted by Crippen LogP contribution is -2.12. The predicted molar refractivity (Wildman–Crippen MR) is 195 cm³/mol. The van der Waals surface area contributed by atoms with Crippen LogP contribution in [0.1, 0.15) is 22.3 Å². The number of nitrogens with zero attached hydrogens (tertiary/aromatic N) is 1. The summed E-state index contributed by atoms with van der Waals surface area (Å²) in [4.78, 5) is 14.2. The minimum Gasteiger partial charge on any atom is -0.275 e. The number of pyridine rings is 1. The number of hydrogen-bond acceptors (Lipinski definition) is 1. The van der Waals surface area contributed by atoms with Crippen molar-refractivity contribution < 1.29 is 0 Å². The second-order valence-corrected chi connectivity index (χ2v) is 13.2. The molecule has 0 fully saturated rings. The highest BCUT2D eigenvalue weighted by Crippen LogP contribution is 2.46. The van der Waals surface area contributed by atoms with E-state index >= 15 is 0 Å². The van der Waals surface area contributed by atoms with Crippen molar-refractivity contribution in [1.29, 1.82) is 0 Å². The molecule has 0 aliphatic heterocycles. The second kappa shape index (κ2) is 9.05. The first-order valence-corrected chi connectivity index (χ1v) is 16.4. The topological polar surface area (TPSA) is 21.5 Å². The summed E-state index contributed by atoms with van der Waals surface area (Å²) in [5.74, 6) is 0. The number of fused-ring (bicyclic) bond motifs is 11. The summed E-state index contributed by atoms with van der Waals surface area (Å²) < 4.78 is 1.96. The van der Waals surface area contributed by atoms with Crippen LogP contribution in [0, 0.1) is 0 Å². The maximum atomic E-state index is 14.2. The zero-order valence-corrected chi connectivity index (χ0v) is 25.5. The number of benzene rings is 7. The van der Waals surface area contributed by atoms with Gasteiger partial charge < -0.3 is 0 Å². The quantitative estimate of drug-likeness (QED) is 0.182. The summed E-state index contributed by atoms with van der Waals surface area (Å²) in [5.41, 5.74) is 17.8. The molecule has 7 aromatic carbocycles. The van der Waals surface area contributed by atoms with Crippen molar-refractivity contribution in [2.24, 2.45) is 0 Å². The molecule has 0 saturated carbocycles. The fourth-order valence-corrected chi connectivity index (χ4v) is 8.77. The van der Waals surface area contributed by atoms with Gasteiger partial charge in [-0.1, -0.05) is 109 Å². The van der Waals surface area contributed by atoms with Crippen LogP contribution in [0.3, 0.4) is 0 Å². The number of hydrogen-bond donors (Lipinski definition) is 0. The fourth-order valence-electron chi connectivity index (χ4n) is 8.77. The van der Waals surface area contributed by atoms with Crippen LogP contribution in [0.2, 0.25) is 0 Å². The number of rotatable bonds is 2. The first kappa shape index (κ1) is 25.2. The van der Waals surface area contributed by atoms with Crippen LogP contribution in [0.5, 0.6) is 0 Å². The lowest BCUT2D eigenvalue weighted by molar-refractivity contribution is 1.21. The maximum absolute atomic E-state index is 14.2. The Kier molecular flexibility index (Phi) is 4.86. The average Bonchev–Trinajstić information content (AvgIpc) is 3.80. The molecule has 2 heterocycles. The summed E-state index contributed by atoms with van der Waals surface area (Å²) >= 11 is 0. The molecule has 0 atom stereocenters. The van der Waals surface area contributed by atoms with Gasteiger partial charge >= 0.3 is 0 Å². The standard InChI is InChI=1S/C45H27NO/c47-45-37-14-6-5-13-36(37)41-24-29(33-16-8-18-35-31-12-4-2-10-27(31)22-39(33)35)25-42-40-23-28(19-20-43(40)46(45)44(41)42)32-15-7-17-34-30-11-3-1-9-26(30)21-38(32)34/h1-20,23-25H,21-22H2. The van der Waals surface area contributed by atoms with Gasteiger partial charge in [0.1, 0.15) is 0 Å². The van der Waals surface area contributed by atoms with Gasteiger partial charge in [0.05, 0.1) is 11.0 Å². The molecule has 9 aromatic rings. The van der Waals surface area contributed by atoms with Crippen LogP contribution in [-0.4, -0.2) is 4.40 Å². The Morgan fingerprint density at radius 3 is 1.60 bits per heavy atom. The highest BCUT2D eigenvalue weighted by Gasteiger charge is 2.25. The predicted octanol–water partition coefficient (Wildman–Crippen LogP) is 10.7. The molecular weight excluding hydrogens is 571 g/mol. The normalized spacial score (nSPS) is 13.0. The average molecular weight is 598 g/mol. The molecule has 0 unspecified atom stereocenters. The molecule has 0 spiro atoms. The van der Waals surface area contributed by atoms with E-state index in [2.05, 4.69) is 121 Å². The Labute approximate surface area is 271 Å². The third-order valence-electron chi connectivity index (χ3n) is 10.8.